The van der Waals surface area contributed by atoms with Crippen LogP contribution in [0, 0.1) is 0 Å². The van der Waals surface area contributed by atoms with Gasteiger partial charge in [0.15, 0.2) is 6.61 Å². The fourth-order valence-corrected chi connectivity index (χ4v) is 2.66. The largest absolute Gasteiger partial charge is 0.440 e. The van der Waals surface area contributed by atoms with Crippen LogP contribution in [0.3, 0.4) is 0 Å². The molecule has 0 aliphatic carbocycles. The quantitative estimate of drug-likeness (QED) is 0.804. The van der Waals surface area contributed by atoms with Gasteiger partial charge in [0, 0.05) is 18.9 Å². The number of pyridine rings is 1. The minimum Gasteiger partial charge on any atom is -0.440 e. The van der Waals surface area contributed by atoms with Crippen LogP contribution in [-0.4, -0.2) is 49.2 Å². The van der Waals surface area contributed by atoms with E-state index < -0.39 is 41.2 Å². The minimum absolute atomic E-state index is 0.294. The number of anilines is 1. The SMILES string of the molecule is O=C(NCCS(=O)(=O)Nc1ccn2nccc2c1)OCC(F)(F)F. The molecular weight excluding hydrogens is 353 g/mol. The predicted octanol–water partition coefficient (Wildman–Crippen LogP) is 1.36. The number of sulfonamides is 1. The molecule has 0 saturated heterocycles. The standard InChI is InChI=1S/C12H13F3N4O4S/c13-12(14,15)8-23-11(20)16-4-6-24(21,22)18-9-2-5-19-10(7-9)1-3-17-19/h1-3,5,7,18H,4,6,8H2,(H,16,20). The molecule has 2 aromatic rings. The molecule has 0 aliphatic heterocycles. The molecule has 8 nitrogen and oxygen atoms in total. The first-order chi connectivity index (χ1) is 11.1. The van der Waals surface area contributed by atoms with Gasteiger partial charge in [0.05, 0.1) is 17.0 Å². The number of nitrogens with one attached hydrogen (secondary N) is 2. The average Bonchev–Trinajstić information content (AvgIpc) is 2.91. The number of aromatic nitrogens is 2. The van der Waals surface area contributed by atoms with Crippen molar-refractivity contribution in [2.24, 2.45) is 0 Å². The highest BCUT2D eigenvalue weighted by molar-refractivity contribution is 7.92. The second-order valence-corrected chi connectivity index (χ2v) is 6.50. The van der Waals surface area contributed by atoms with Crippen LogP contribution in [0.5, 0.6) is 0 Å². The molecule has 0 bridgehead atoms. The number of fused-ring (bicyclic) bond motifs is 1. The lowest BCUT2D eigenvalue weighted by Gasteiger charge is -2.10. The van der Waals surface area contributed by atoms with Crippen molar-refractivity contribution in [3.05, 3.63) is 30.6 Å². The first-order valence-electron chi connectivity index (χ1n) is 6.56. The lowest BCUT2D eigenvalue weighted by molar-refractivity contribution is -0.160. The van der Waals surface area contributed by atoms with Crippen molar-refractivity contribution >= 4 is 27.3 Å². The van der Waals surface area contributed by atoms with E-state index in [1.165, 1.54) is 10.6 Å². The number of hydrogen-bond acceptors (Lipinski definition) is 5. The van der Waals surface area contributed by atoms with E-state index in [0.29, 0.717) is 11.2 Å². The molecule has 0 saturated carbocycles. The van der Waals surface area contributed by atoms with Gasteiger partial charge in [0.1, 0.15) is 0 Å². The summed E-state index contributed by atoms with van der Waals surface area (Å²) in [7, 11) is -3.80. The van der Waals surface area contributed by atoms with Crippen LogP contribution in [0.1, 0.15) is 0 Å². The van der Waals surface area contributed by atoms with E-state index >= 15 is 0 Å². The summed E-state index contributed by atoms with van der Waals surface area (Å²) in [5.74, 6) is -0.529. The number of amides is 1. The topological polar surface area (TPSA) is 102 Å². The van der Waals surface area contributed by atoms with Gasteiger partial charge in [0.25, 0.3) is 0 Å². The van der Waals surface area contributed by atoms with Crippen molar-refractivity contribution in [2.75, 3.05) is 23.6 Å². The van der Waals surface area contributed by atoms with Crippen LogP contribution in [0.25, 0.3) is 5.52 Å². The van der Waals surface area contributed by atoms with Crippen LogP contribution in [-0.2, 0) is 14.8 Å². The third kappa shape index (κ3) is 5.61. The van der Waals surface area contributed by atoms with Gasteiger partial charge < -0.3 is 10.1 Å². The van der Waals surface area contributed by atoms with Gasteiger partial charge in [-0.2, -0.15) is 18.3 Å². The van der Waals surface area contributed by atoms with Crippen LogP contribution in [0.15, 0.2) is 30.6 Å². The number of hydrogen-bond donors (Lipinski definition) is 2. The molecule has 0 atom stereocenters. The smallest absolute Gasteiger partial charge is 0.422 e. The second kappa shape index (κ2) is 6.95. The number of ether oxygens (including phenoxy) is 1. The van der Waals surface area contributed by atoms with E-state index in [1.807, 2.05) is 5.32 Å². The molecule has 24 heavy (non-hydrogen) atoms. The van der Waals surface area contributed by atoms with E-state index in [0.717, 1.165) is 0 Å². The van der Waals surface area contributed by atoms with Crippen LogP contribution in [0.2, 0.25) is 0 Å². The normalized spacial score (nSPS) is 12.1. The monoisotopic (exact) mass is 366 g/mol. The number of carbonyl (C=O) groups is 1. The van der Waals surface area contributed by atoms with Gasteiger partial charge in [-0.3, -0.25) is 4.72 Å². The summed E-state index contributed by atoms with van der Waals surface area (Å²) < 4.78 is 67.0. The summed E-state index contributed by atoms with van der Waals surface area (Å²) in [5, 5.41) is 5.89. The molecule has 2 aromatic heterocycles. The highest BCUT2D eigenvalue weighted by Gasteiger charge is 2.29. The summed E-state index contributed by atoms with van der Waals surface area (Å²) in [6.45, 7) is -2.14. The average molecular weight is 366 g/mol. The van der Waals surface area contributed by atoms with E-state index in [9.17, 15) is 26.4 Å². The Balaban J connectivity index is 1.82. The fraction of sp³-hybridized carbons (Fsp3) is 0.333. The molecule has 132 valence electrons. The zero-order valence-electron chi connectivity index (χ0n) is 12.1. The van der Waals surface area contributed by atoms with Gasteiger partial charge >= 0.3 is 12.3 Å². The fourth-order valence-electron chi connectivity index (χ4n) is 1.70. The zero-order chi connectivity index (χ0) is 17.8. The maximum absolute atomic E-state index is 11.9. The zero-order valence-corrected chi connectivity index (χ0v) is 12.9. The molecule has 0 unspecified atom stereocenters. The second-order valence-electron chi connectivity index (χ2n) is 4.66. The molecule has 2 N–H and O–H groups in total. The molecular formula is C12H13F3N4O4S. The van der Waals surface area contributed by atoms with E-state index in [2.05, 4.69) is 14.6 Å². The number of alkyl halides is 3. The molecule has 0 radical (unpaired) electrons. The highest BCUT2D eigenvalue weighted by atomic mass is 32.2. The van der Waals surface area contributed by atoms with Gasteiger partial charge in [-0.15, -0.1) is 0 Å². The minimum atomic E-state index is -4.64. The first-order valence-corrected chi connectivity index (χ1v) is 8.21. The Morgan fingerprint density at radius 1 is 1.33 bits per heavy atom. The van der Waals surface area contributed by atoms with Crippen LogP contribution < -0.4 is 10.0 Å². The summed E-state index contributed by atoms with van der Waals surface area (Å²) in [6.07, 6.45) is -2.88. The number of alkyl carbamates (subject to hydrolysis) is 1. The van der Waals surface area contributed by atoms with E-state index in [-0.39, 0.29) is 0 Å². The predicted molar refractivity (Wildman–Crippen MR) is 78.0 cm³/mol. The summed E-state index contributed by atoms with van der Waals surface area (Å²) in [4.78, 5) is 11.0. The Kier molecular flexibility index (Phi) is 5.17. The molecule has 2 heterocycles. The number of nitrogens with zero attached hydrogens (tertiary/aromatic N) is 2. The van der Waals surface area contributed by atoms with Crippen LogP contribution in [0.4, 0.5) is 23.7 Å². The maximum atomic E-state index is 11.9. The van der Waals surface area contributed by atoms with Crippen LogP contribution >= 0.6 is 0 Å². The lowest BCUT2D eigenvalue weighted by Crippen LogP contribution is -2.33. The number of rotatable bonds is 6. The Morgan fingerprint density at radius 2 is 2.08 bits per heavy atom. The summed E-state index contributed by atoms with van der Waals surface area (Å²) in [6, 6.07) is 4.72. The van der Waals surface area contributed by atoms with Crippen molar-refractivity contribution < 1.29 is 31.1 Å². The van der Waals surface area contributed by atoms with Gasteiger partial charge in [-0.05, 0) is 18.2 Å². The molecule has 2 rings (SSSR count). The number of halogens is 3. The van der Waals surface area contributed by atoms with Gasteiger partial charge in [0.2, 0.25) is 10.0 Å². The Morgan fingerprint density at radius 3 is 2.79 bits per heavy atom. The molecule has 12 heteroatoms. The summed E-state index contributed by atoms with van der Waals surface area (Å²) in [5.41, 5.74) is 0.965. The first kappa shape index (κ1) is 17.8. The lowest BCUT2D eigenvalue weighted by atomic mass is 10.4. The molecule has 1 amide bonds. The Labute approximate surface area is 134 Å². The van der Waals surface area contributed by atoms with Gasteiger partial charge in [-0.25, -0.2) is 17.7 Å². The third-order valence-electron chi connectivity index (χ3n) is 2.68. The van der Waals surface area contributed by atoms with Crippen molar-refractivity contribution in [1.82, 2.24) is 14.9 Å². The van der Waals surface area contributed by atoms with Crippen molar-refractivity contribution in [3.8, 4) is 0 Å². The highest BCUT2D eigenvalue weighted by Crippen LogP contribution is 2.14. The third-order valence-corrected chi connectivity index (χ3v) is 3.97. The summed E-state index contributed by atoms with van der Waals surface area (Å²) >= 11 is 0. The van der Waals surface area contributed by atoms with Crippen molar-refractivity contribution in [2.45, 2.75) is 6.18 Å². The molecule has 0 aromatic carbocycles. The Bertz CT molecular complexity index is 819. The Hall–Kier alpha value is -2.50. The van der Waals surface area contributed by atoms with Gasteiger partial charge in [-0.1, -0.05) is 0 Å². The molecule has 0 aliphatic rings. The van der Waals surface area contributed by atoms with Crippen molar-refractivity contribution in [1.29, 1.82) is 0 Å². The number of carbonyl (C=O) groups excluding carboxylic acids is 1. The molecule has 0 spiro atoms. The maximum Gasteiger partial charge on any atom is 0.422 e. The molecule has 0 fully saturated rings. The van der Waals surface area contributed by atoms with Crippen molar-refractivity contribution in [3.63, 3.8) is 0 Å². The van der Waals surface area contributed by atoms with E-state index in [1.54, 1.807) is 24.5 Å². The van der Waals surface area contributed by atoms with E-state index in [4.69, 9.17) is 0 Å².